The lowest BCUT2D eigenvalue weighted by Gasteiger charge is -2.25. The van der Waals surface area contributed by atoms with Crippen LogP contribution < -0.4 is 10.6 Å². The third-order valence-electron chi connectivity index (χ3n) is 2.66. The molecule has 6 heteroatoms. The highest BCUT2D eigenvalue weighted by molar-refractivity contribution is 5.79. The summed E-state index contributed by atoms with van der Waals surface area (Å²) < 4.78 is 5.28. The molecule has 0 saturated heterocycles. The number of carbonyl (C=O) groups is 1. The molecule has 0 aliphatic carbocycles. The number of guanidine groups is 1. The molecule has 0 aromatic carbocycles. The van der Waals surface area contributed by atoms with Gasteiger partial charge in [-0.25, -0.2) is 4.79 Å². The van der Waals surface area contributed by atoms with E-state index in [0.29, 0.717) is 19.1 Å². The fourth-order valence-electron chi connectivity index (χ4n) is 1.30. The van der Waals surface area contributed by atoms with E-state index in [9.17, 15) is 4.79 Å². The first-order valence-electron chi connectivity index (χ1n) is 7.11. The maximum absolute atomic E-state index is 11.8. The summed E-state index contributed by atoms with van der Waals surface area (Å²) in [5, 5.41) is 6.43. The second-order valence-electron chi connectivity index (χ2n) is 5.85. The fourth-order valence-corrected chi connectivity index (χ4v) is 1.30. The lowest BCUT2D eigenvalue weighted by atomic mass is 10.2. The Labute approximate surface area is 123 Å². The molecule has 0 spiro atoms. The number of aliphatic imine (C=N–C) groups is 1. The van der Waals surface area contributed by atoms with Gasteiger partial charge in [0.05, 0.1) is 0 Å². The molecule has 0 aromatic rings. The number of ether oxygens (including phenoxy) is 1. The molecule has 0 bridgehead atoms. The first-order valence-corrected chi connectivity index (χ1v) is 7.11. The maximum atomic E-state index is 11.8. The van der Waals surface area contributed by atoms with Gasteiger partial charge >= 0.3 is 6.09 Å². The Morgan fingerprint density at radius 3 is 2.45 bits per heavy atom. The van der Waals surface area contributed by atoms with E-state index >= 15 is 0 Å². The van der Waals surface area contributed by atoms with Crippen LogP contribution in [0.5, 0.6) is 0 Å². The maximum Gasteiger partial charge on any atom is 0.410 e. The summed E-state index contributed by atoms with van der Waals surface area (Å²) in [5.41, 5.74) is -0.465. The highest BCUT2D eigenvalue weighted by Crippen LogP contribution is 2.08. The molecule has 0 fully saturated rings. The number of rotatable bonds is 5. The van der Waals surface area contributed by atoms with Crippen LogP contribution in [0.2, 0.25) is 0 Å². The van der Waals surface area contributed by atoms with Crippen LogP contribution in [0.1, 0.15) is 41.0 Å². The van der Waals surface area contributed by atoms with Gasteiger partial charge in [-0.3, -0.25) is 4.99 Å². The topological polar surface area (TPSA) is 66.0 Å². The predicted molar refractivity (Wildman–Crippen MR) is 83.1 cm³/mol. The first kappa shape index (κ1) is 18.5. The van der Waals surface area contributed by atoms with Gasteiger partial charge in [-0.1, -0.05) is 6.92 Å². The largest absolute Gasteiger partial charge is 0.444 e. The number of hydrogen-bond acceptors (Lipinski definition) is 3. The van der Waals surface area contributed by atoms with Gasteiger partial charge in [0.15, 0.2) is 5.96 Å². The second-order valence-corrected chi connectivity index (χ2v) is 5.85. The minimum absolute atomic E-state index is 0.316. The van der Waals surface area contributed by atoms with Gasteiger partial charge in [0.2, 0.25) is 0 Å². The summed E-state index contributed by atoms with van der Waals surface area (Å²) in [6.45, 7) is 10.9. The third kappa shape index (κ3) is 8.61. The number of nitrogens with zero attached hydrogens (tertiary/aromatic N) is 2. The molecule has 20 heavy (non-hydrogen) atoms. The summed E-state index contributed by atoms with van der Waals surface area (Å²) in [6.07, 6.45) is 0.711. The molecule has 6 nitrogen and oxygen atoms in total. The van der Waals surface area contributed by atoms with E-state index in [0.717, 1.165) is 12.4 Å². The van der Waals surface area contributed by atoms with Crippen LogP contribution in [0.3, 0.4) is 0 Å². The van der Waals surface area contributed by atoms with Crippen molar-refractivity contribution in [2.24, 2.45) is 4.99 Å². The lowest BCUT2D eigenvalue weighted by molar-refractivity contribution is 0.0302. The Kier molecular flexibility index (Phi) is 8.03. The zero-order valence-electron chi connectivity index (χ0n) is 13.9. The Bertz CT molecular complexity index is 324. The van der Waals surface area contributed by atoms with E-state index < -0.39 is 5.60 Å². The summed E-state index contributed by atoms with van der Waals surface area (Å²) in [5.74, 6) is 0.747. The summed E-state index contributed by atoms with van der Waals surface area (Å²) in [6, 6.07) is 0.366. The summed E-state index contributed by atoms with van der Waals surface area (Å²) in [4.78, 5) is 17.4. The van der Waals surface area contributed by atoms with Crippen molar-refractivity contribution in [1.29, 1.82) is 0 Å². The average molecular weight is 286 g/mol. The average Bonchev–Trinajstić information content (AvgIpc) is 2.34. The molecule has 1 amide bonds. The van der Waals surface area contributed by atoms with Crippen molar-refractivity contribution in [3.63, 3.8) is 0 Å². The van der Waals surface area contributed by atoms with Gasteiger partial charge in [0.1, 0.15) is 5.60 Å². The van der Waals surface area contributed by atoms with Crippen LogP contribution in [0, 0.1) is 0 Å². The van der Waals surface area contributed by atoms with Crippen molar-refractivity contribution in [3.05, 3.63) is 0 Å². The lowest BCUT2D eigenvalue weighted by Crippen LogP contribution is -2.45. The van der Waals surface area contributed by atoms with Crippen molar-refractivity contribution >= 4 is 12.1 Å². The monoisotopic (exact) mass is 286 g/mol. The van der Waals surface area contributed by atoms with E-state index in [1.165, 1.54) is 0 Å². The molecule has 0 heterocycles. The summed E-state index contributed by atoms with van der Waals surface area (Å²) >= 11 is 0. The van der Waals surface area contributed by atoms with Gasteiger partial charge in [0, 0.05) is 33.2 Å². The zero-order valence-corrected chi connectivity index (χ0v) is 13.9. The molecule has 2 N–H and O–H groups in total. The Morgan fingerprint density at radius 1 is 1.40 bits per heavy atom. The van der Waals surface area contributed by atoms with E-state index in [4.69, 9.17) is 4.74 Å². The van der Waals surface area contributed by atoms with Crippen LogP contribution in [-0.4, -0.2) is 55.8 Å². The van der Waals surface area contributed by atoms with Gasteiger partial charge in [-0.05, 0) is 34.1 Å². The van der Waals surface area contributed by atoms with Gasteiger partial charge in [0.25, 0.3) is 0 Å². The molecule has 0 radical (unpaired) electrons. The predicted octanol–water partition coefficient (Wildman–Crippen LogP) is 1.82. The third-order valence-corrected chi connectivity index (χ3v) is 2.66. The quantitative estimate of drug-likeness (QED) is 0.597. The van der Waals surface area contributed by atoms with Crippen LogP contribution >= 0.6 is 0 Å². The molecule has 0 aromatic heterocycles. The Hall–Kier alpha value is -1.46. The van der Waals surface area contributed by atoms with E-state index in [-0.39, 0.29) is 6.09 Å². The fraction of sp³-hybridized carbons (Fsp3) is 0.857. The van der Waals surface area contributed by atoms with Crippen molar-refractivity contribution in [3.8, 4) is 0 Å². The Morgan fingerprint density at radius 2 is 2.00 bits per heavy atom. The number of amides is 1. The first-order chi connectivity index (χ1) is 9.19. The molecule has 1 unspecified atom stereocenters. The SMILES string of the molecule is CCC(C)NC(=NC)NCCN(C)C(=O)OC(C)(C)C. The molecular weight excluding hydrogens is 256 g/mol. The number of likely N-dealkylation sites (N-methyl/N-ethyl adjacent to an activating group) is 1. The smallest absolute Gasteiger partial charge is 0.410 e. The van der Waals surface area contributed by atoms with E-state index in [2.05, 4.69) is 29.5 Å². The number of hydrogen-bond donors (Lipinski definition) is 2. The van der Waals surface area contributed by atoms with Crippen LogP contribution in [0.4, 0.5) is 4.79 Å². The Balaban J connectivity index is 4.07. The second kappa shape index (κ2) is 8.66. The van der Waals surface area contributed by atoms with Gasteiger partial charge in [-0.15, -0.1) is 0 Å². The van der Waals surface area contributed by atoms with Gasteiger partial charge < -0.3 is 20.3 Å². The molecule has 0 aliphatic rings. The standard InChI is InChI=1S/C14H30N4O2/c1-8-11(2)17-12(15-6)16-9-10-18(7)13(19)20-14(3,4)5/h11H,8-10H2,1-7H3,(H2,15,16,17). The van der Waals surface area contributed by atoms with E-state index in [1.54, 1.807) is 19.0 Å². The molecule has 0 saturated carbocycles. The van der Waals surface area contributed by atoms with E-state index in [1.807, 2.05) is 20.8 Å². The highest BCUT2D eigenvalue weighted by Gasteiger charge is 2.19. The van der Waals surface area contributed by atoms with Crippen molar-refractivity contribution in [2.45, 2.75) is 52.7 Å². The van der Waals surface area contributed by atoms with Crippen LogP contribution in [0.15, 0.2) is 4.99 Å². The highest BCUT2D eigenvalue weighted by atomic mass is 16.6. The molecule has 1 atom stereocenters. The van der Waals surface area contributed by atoms with Crippen molar-refractivity contribution < 1.29 is 9.53 Å². The molecule has 118 valence electrons. The van der Waals surface area contributed by atoms with Crippen molar-refractivity contribution in [1.82, 2.24) is 15.5 Å². The summed E-state index contributed by atoms with van der Waals surface area (Å²) in [7, 11) is 3.45. The number of nitrogens with one attached hydrogen (secondary N) is 2. The minimum atomic E-state index is -0.465. The van der Waals surface area contributed by atoms with Crippen LogP contribution in [0.25, 0.3) is 0 Å². The number of carbonyl (C=O) groups excluding carboxylic acids is 1. The zero-order chi connectivity index (χ0) is 15.8. The van der Waals surface area contributed by atoms with Crippen molar-refractivity contribution in [2.75, 3.05) is 27.2 Å². The van der Waals surface area contributed by atoms with Gasteiger partial charge in [-0.2, -0.15) is 0 Å². The van der Waals surface area contributed by atoms with Crippen LogP contribution in [-0.2, 0) is 4.74 Å². The minimum Gasteiger partial charge on any atom is -0.444 e. The molecule has 0 rings (SSSR count). The normalized spacial score (nSPS) is 13.7. The molecule has 0 aliphatic heterocycles. The molecular formula is C14H30N4O2.